The predicted octanol–water partition coefficient (Wildman–Crippen LogP) is 4.28. The van der Waals surface area contributed by atoms with E-state index < -0.39 is 17.7 Å². The van der Waals surface area contributed by atoms with Crippen LogP contribution in [0.15, 0.2) is 91.3 Å². The zero-order valence-corrected chi connectivity index (χ0v) is 18.7. The molecule has 4 rings (SSSR count). The first-order valence-corrected chi connectivity index (χ1v) is 10.7. The lowest BCUT2D eigenvalue weighted by Gasteiger charge is -2.25. The summed E-state index contributed by atoms with van der Waals surface area (Å²) >= 11 is 0. The number of aliphatic hydroxyl groups excluding tert-OH is 1. The second kappa shape index (κ2) is 10.0. The summed E-state index contributed by atoms with van der Waals surface area (Å²) in [6, 6.07) is 16.5. The van der Waals surface area contributed by atoms with E-state index in [1.807, 2.05) is 0 Å². The normalized spacial score (nSPS) is 17.0. The third-order valence-electron chi connectivity index (χ3n) is 5.55. The molecule has 0 radical (unpaired) electrons. The lowest BCUT2D eigenvalue weighted by molar-refractivity contribution is -0.140. The lowest BCUT2D eigenvalue weighted by atomic mass is 9.95. The van der Waals surface area contributed by atoms with Crippen LogP contribution in [0.1, 0.15) is 22.7 Å². The summed E-state index contributed by atoms with van der Waals surface area (Å²) in [6.07, 6.45) is 4.88. The Labute approximate surface area is 197 Å². The first kappa shape index (κ1) is 22.8. The number of nitrogens with zero attached hydrogens (tertiary/aromatic N) is 2. The fraction of sp³-hybridized carbons (Fsp3) is 0.148. The number of rotatable bonds is 8. The third-order valence-corrected chi connectivity index (χ3v) is 5.55. The molecule has 1 unspecified atom stereocenters. The number of pyridine rings is 1. The van der Waals surface area contributed by atoms with Gasteiger partial charge in [-0.25, -0.2) is 0 Å². The number of methoxy groups -OCH3 is 1. The Morgan fingerprint density at radius 3 is 2.50 bits per heavy atom. The molecule has 0 saturated carbocycles. The van der Waals surface area contributed by atoms with E-state index in [9.17, 15) is 14.7 Å². The molecule has 1 N–H and O–H groups in total. The van der Waals surface area contributed by atoms with Crippen molar-refractivity contribution < 1.29 is 24.2 Å². The number of benzene rings is 2. The Kier molecular flexibility index (Phi) is 6.73. The molecule has 0 bridgehead atoms. The van der Waals surface area contributed by atoms with Crippen LogP contribution in [-0.4, -0.2) is 40.4 Å². The van der Waals surface area contributed by atoms with Gasteiger partial charge in [0.05, 0.1) is 18.7 Å². The van der Waals surface area contributed by atoms with Gasteiger partial charge in [-0.1, -0.05) is 24.8 Å². The Balaban J connectivity index is 1.83. The molecule has 1 aliphatic rings. The summed E-state index contributed by atoms with van der Waals surface area (Å²) < 4.78 is 10.8. The van der Waals surface area contributed by atoms with Crippen molar-refractivity contribution in [2.24, 2.45) is 0 Å². The van der Waals surface area contributed by atoms with Gasteiger partial charge >= 0.3 is 0 Å². The van der Waals surface area contributed by atoms with E-state index in [0.29, 0.717) is 29.2 Å². The van der Waals surface area contributed by atoms with Crippen LogP contribution in [0.5, 0.6) is 11.5 Å². The number of amides is 1. The number of ether oxygens (including phenoxy) is 2. The minimum Gasteiger partial charge on any atom is -0.507 e. The molecule has 0 aliphatic carbocycles. The fourth-order valence-corrected chi connectivity index (χ4v) is 3.91. The topological polar surface area (TPSA) is 89.0 Å². The smallest absolute Gasteiger partial charge is 0.295 e. The predicted molar refractivity (Wildman–Crippen MR) is 127 cm³/mol. The zero-order chi connectivity index (χ0) is 24.1. The molecule has 7 heteroatoms. The quantitative estimate of drug-likeness (QED) is 0.236. The molecule has 1 fully saturated rings. The second-order valence-electron chi connectivity index (χ2n) is 7.68. The Hall–Kier alpha value is -4.39. The molecule has 1 aliphatic heterocycles. The van der Waals surface area contributed by atoms with Gasteiger partial charge in [0.1, 0.15) is 23.9 Å². The highest BCUT2D eigenvalue weighted by molar-refractivity contribution is 6.46. The second-order valence-corrected chi connectivity index (χ2v) is 7.68. The maximum absolute atomic E-state index is 13.2. The number of hydrogen-bond acceptors (Lipinski definition) is 6. The van der Waals surface area contributed by atoms with Gasteiger partial charge in [0.2, 0.25) is 0 Å². The average Bonchev–Trinajstić information content (AvgIpc) is 3.13. The van der Waals surface area contributed by atoms with Crippen molar-refractivity contribution >= 4 is 17.4 Å². The third kappa shape index (κ3) is 4.54. The van der Waals surface area contributed by atoms with Crippen LogP contribution >= 0.6 is 0 Å². The molecule has 34 heavy (non-hydrogen) atoms. The summed E-state index contributed by atoms with van der Waals surface area (Å²) in [5.41, 5.74) is 1.88. The van der Waals surface area contributed by atoms with Gasteiger partial charge in [-0.2, -0.15) is 0 Å². The molecule has 1 saturated heterocycles. The first-order valence-electron chi connectivity index (χ1n) is 10.7. The largest absolute Gasteiger partial charge is 0.507 e. The van der Waals surface area contributed by atoms with Crippen LogP contribution < -0.4 is 9.47 Å². The zero-order valence-electron chi connectivity index (χ0n) is 18.7. The van der Waals surface area contributed by atoms with Crippen molar-refractivity contribution in [2.75, 3.05) is 13.7 Å². The summed E-state index contributed by atoms with van der Waals surface area (Å²) in [4.78, 5) is 31.8. The SMILES string of the molecule is C=CCOc1cccc(C2C(=C(O)c3ccc(OC)cc3)C(=O)C(=O)N2Cc2ccncc2)c1. The van der Waals surface area contributed by atoms with Gasteiger partial charge < -0.3 is 19.5 Å². The molecular weight excluding hydrogens is 432 g/mol. The molecule has 7 nitrogen and oxygen atoms in total. The summed E-state index contributed by atoms with van der Waals surface area (Å²) in [6.45, 7) is 4.15. The highest BCUT2D eigenvalue weighted by Gasteiger charge is 2.46. The molecule has 1 amide bonds. The van der Waals surface area contributed by atoms with Crippen LogP contribution in [0.4, 0.5) is 0 Å². The summed E-state index contributed by atoms with van der Waals surface area (Å²) in [7, 11) is 1.54. The van der Waals surface area contributed by atoms with Crippen molar-refractivity contribution in [2.45, 2.75) is 12.6 Å². The monoisotopic (exact) mass is 456 g/mol. The Morgan fingerprint density at radius 1 is 1.09 bits per heavy atom. The van der Waals surface area contributed by atoms with Crippen molar-refractivity contribution in [1.29, 1.82) is 0 Å². The van der Waals surface area contributed by atoms with Crippen LogP contribution in [0.3, 0.4) is 0 Å². The van der Waals surface area contributed by atoms with Crippen molar-refractivity contribution in [1.82, 2.24) is 9.88 Å². The van der Waals surface area contributed by atoms with E-state index in [4.69, 9.17) is 9.47 Å². The van der Waals surface area contributed by atoms with E-state index >= 15 is 0 Å². The maximum atomic E-state index is 13.2. The number of ketones is 1. The van der Waals surface area contributed by atoms with E-state index in [1.54, 1.807) is 86.2 Å². The molecule has 172 valence electrons. The van der Waals surface area contributed by atoms with Gasteiger partial charge in [-0.15, -0.1) is 0 Å². The average molecular weight is 456 g/mol. The van der Waals surface area contributed by atoms with E-state index in [-0.39, 0.29) is 17.9 Å². The van der Waals surface area contributed by atoms with Gasteiger partial charge in [-0.3, -0.25) is 14.6 Å². The minimum atomic E-state index is -0.803. The Bertz CT molecular complexity index is 1240. The van der Waals surface area contributed by atoms with Crippen LogP contribution in [-0.2, 0) is 16.1 Å². The number of likely N-dealkylation sites (tertiary alicyclic amines) is 1. The number of hydrogen-bond donors (Lipinski definition) is 1. The molecule has 3 aromatic rings. The molecule has 1 aromatic heterocycles. The number of aromatic nitrogens is 1. The molecule has 0 spiro atoms. The van der Waals surface area contributed by atoms with Gasteiger partial charge in [0, 0.05) is 24.5 Å². The highest BCUT2D eigenvalue weighted by Crippen LogP contribution is 2.41. The fourth-order valence-electron chi connectivity index (χ4n) is 3.91. The van der Waals surface area contributed by atoms with Crippen LogP contribution in [0.25, 0.3) is 5.76 Å². The van der Waals surface area contributed by atoms with Crippen LogP contribution in [0, 0.1) is 0 Å². The minimum absolute atomic E-state index is 0.0186. The molecular formula is C27H24N2O5. The van der Waals surface area contributed by atoms with E-state index in [2.05, 4.69) is 11.6 Å². The Morgan fingerprint density at radius 2 is 1.82 bits per heavy atom. The number of carbonyl (C=O) groups excluding carboxylic acids is 2. The lowest BCUT2D eigenvalue weighted by Crippen LogP contribution is -2.29. The van der Waals surface area contributed by atoms with E-state index in [0.717, 1.165) is 5.56 Å². The molecule has 2 heterocycles. The highest BCUT2D eigenvalue weighted by atomic mass is 16.5. The van der Waals surface area contributed by atoms with Crippen molar-refractivity contribution in [3.63, 3.8) is 0 Å². The number of aliphatic hydroxyl groups is 1. The van der Waals surface area contributed by atoms with Gasteiger partial charge in [0.15, 0.2) is 0 Å². The summed E-state index contributed by atoms with van der Waals surface area (Å²) in [5.74, 6) is -0.505. The van der Waals surface area contributed by atoms with Crippen LogP contribution in [0.2, 0.25) is 0 Å². The first-order chi connectivity index (χ1) is 16.5. The molecule has 2 aromatic carbocycles. The number of Topliss-reactive ketones (excluding diaryl/α,β-unsaturated/α-hetero) is 1. The van der Waals surface area contributed by atoms with Crippen molar-refractivity contribution in [3.8, 4) is 11.5 Å². The molecule has 1 atom stereocenters. The maximum Gasteiger partial charge on any atom is 0.295 e. The van der Waals surface area contributed by atoms with Gasteiger partial charge in [-0.05, 0) is 59.7 Å². The summed E-state index contributed by atoms with van der Waals surface area (Å²) in [5, 5.41) is 11.2. The number of carbonyl (C=O) groups is 2. The van der Waals surface area contributed by atoms with Gasteiger partial charge in [0.25, 0.3) is 11.7 Å². The van der Waals surface area contributed by atoms with Crippen molar-refractivity contribution in [3.05, 3.63) is 108 Å². The van der Waals surface area contributed by atoms with E-state index in [1.165, 1.54) is 4.90 Å². The standard InChI is InChI=1S/C27H24N2O5/c1-3-15-34-22-6-4-5-20(16-22)24-23(25(30)19-7-9-21(33-2)10-8-19)26(31)27(32)29(24)17-18-11-13-28-14-12-18/h3-14,16,24,30H,1,15,17H2,2H3.